The maximum atomic E-state index is 11.7. The fourth-order valence-corrected chi connectivity index (χ4v) is 4.93. The molecule has 176 valence electrons. The molecule has 1 fully saturated rings. The lowest BCUT2D eigenvalue weighted by atomic mass is 9.82. The molecule has 1 aliphatic rings. The van der Waals surface area contributed by atoms with Crippen molar-refractivity contribution in [1.82, 2.24) is 14.9 Å². The maximum Gasteiger partial charge on any atom is 0.215 e. The van der Waals surface area contributed by atoms with Crippen molar-refractivity contribution in [3.8, 4) is 0 Å². The Morgan fingerprint density at radius 2 is 1.75 bits per heavy atom. The molecule has 2 N–H and O–H groups in total. The van der Waals surface area contributed by atoms with E-state index in [-0.39, 0.29) is 29.7 Å². The Morgan fingerprint density at radius 3 is 2.34 bits per heavy atom. The van der Waals surface area contributed by atoms with Gasteiger partial charge in [0.05, 0.1) is 12.3 Å². The van der Waals surface area contributed by atoms with Crippen LogP contribution in [0.1, 0.15) is 42.9 Å². The molecule has 1 saturated heterocycles. The Morgan fingerprint density at radius 1 is 1.09 bits per heavy atom. The van der Waals surface area contributed by atoms with Crippen molar-refractivity contribution in [3.63, 3.8) is 0 Å². The zero-order chi connectivity index (χ0) is 22.3. The largest absolute Gasteiger partial charge is 0.357 e. The van der Waals surface area contributed by atoms with E-state index in [1.54, 1.807) is 0 Å². The summed E-state index contributed by atoms with van der Waals surface area (Å²) in [6.07, 6.45) is 1.12. The van der Waals surface area contributed by atoms with Gasteiger partial charge in [0.25, 0.3) is 0 Å². The van der Waals surface area contributed by atoms with Crippen LogP contribution in [0.3, 0.4) is 0 Å². The van der Waals surface area contributed by atoms with E-state index in [1.165, 1.54) is 12.6 Å². The number of guanidine groups is 1. The van der Waals surface area contributed by atoms with Crippen LogP contribution in [0.25, 0.3) is 0 Å². The summed E-state index contributed by atoms with van der Waals surface area (Å²) in [6, 6.07) is 18.4. The number of benzene rings is 2. The average Bonchev–Trinajstić information content (AvgIpc) is 2.78. The first kappa shape index (κ1) is 26.6. The number of piperidine rings is 1. The number of nitrogens with zero attached hydrogens (tertiary/aromatic N) is 2. The minimum Gasteiger partial charge on any atom is -0.357 e. The number of sulfonamides is 1. The quantitative estimate of drug-likeness (QED) is 0.301. The number of nitrogens with one attached hydrogen (secondary N) is 2. The molecular formula is C24H35IN4O2S. The number of likely N-dealkylation sites (tertiary alicyclic amines) is 1. The minimum atomic E-state index is -3.26. The highest BCUT2D eigenvalue weighted by atomic mass is 127. The van der Waals surface area contributed by atoms with Crippen molar-refractivity contribution < 1.29 is 8.42 Å². The van der Waals surface area contributed by atoms with E-state index < -0.39 is 10.0 Å². The molecule has 2 aromatic rings. The van der Waals surface area contributed by atoms with Crippen LogP contribution in [-0.2, 0) is 22.3 Å². The Hall–Kier alpha value is -1.65. The standard InChI is InChI=1S/C24H34N4O2S.HI/c1-4-26-24(27-16-20-10-12-21(13-11-20)18-31(29,30)25-3)28-15-14-23(19(2)17-28)22-8-6-5-7-9-22;/h5-13,19,23,25H,4,14-18H2,1-3H3,(H,26,27);1H. The molecule has 0 spiro atoms. The Labute approximate surface area is 210 Å². The third-order valence-corrected chi connectivity index (χ3v) is 7.20. The zero-order valence-corrected chi connectivity index (χ0v) is 22.3. The van der Waals surface area contributed by atoms with Crippen molar-refractivity contribution >= 4 is 40.0 Å². The molecule has 0 radical (unpaired) electrons. The van der Waals surface area contributed by atoms with E-state index in [0.29, 0.717) is 18.4 Å². The summed E-state index contributed by atoms with van der Waals surface area (Å²) in [5.74, 6) is 2.07. The third-order valence-electron chi connectivity index (χ3n) is 5.87. The van der Waals surface area contributed by atoms with Crippen LogP contribution >= 0.6 is 24.0 Å². The van der Waals surface area contributed by atoms with Gasteiger partial charge in [-0.15, -0.1) is 24.0 Å². The van der Waals surface area contributed by atoms with Crippen LogP contribution in [0.2, 0.25) is 0 Å². The summed E-state index contributed by atoms with van der Waals surface area (Å²) >= 11 is 0. The van der Waals surface area contributed by atoms with Crippen molar-refractivity contribution in [1.29, 1.82) is 0 Å². The zero-order valence-electron chi connectivity index (χ0n) is 19.1. The number of hydrogen-bond donors (Lipinski definition) is 2. The fraction of sp³-hybridized carbons (Fsp3) is 0.458. The summed E-state index contributed by atoms with van der Waals surface area (Å²) in [4.78, 5) is 7.22. The molecule has 32 heavy (non-hydrogen) atoms. The molecule has 1 heterocycles. The van der Waals surface area contributed by atoms with E-state index in [9.17, 15) is 8.42 Å². The molecule has 0 aromatic heterocycles. The van der Waals surface area contributed by atoms with Gasteiger partial charge in [-0.2, -0.15) is 0 Å². The molecule has 6 nitrogen and oxygen atoms in total. The number of rotatable bonds is 7. The average molecular weight is 571 g/mol. The molecule has 1 aliphatic heterocycles. The second-order valence-electron chi connectivity index (χ2n) is 8.18. The summed E-state index contributed by atoms with van der Waals surface area (Å²) in [6.45, 7) is 7.77. The monoisotopic (exact) mass is 570 g/mol. The number of aliphatic imine (C=N–C) groups is 1. The first-order chi connectivity index (χ1) is 14.9. The van der Waals surface area contributed by atoms with Gasteiger partial charge < -0.3 is 10.2 Å². The Bertz CT molecular complexity index is 965. The molecule has 8 heteroatoms. The van der Waals surface area contributed by atoms with Crippen molar-refractivity contribution in [2.75, 3.05) is 26.7 Å². The first-order valence-electron chi connectivity index (χ1n) is 11.0. The number of halogens is 1. The summed E-state index contributed by atoms with van der Waals surface area (Å²) in [7, 11) is -1.82. The molecule has 2 unspecified atom stereocenters. The van der Waals surface area contributed by atoms with Crippen LogP contribution in [0.4, 0.5) is 0 Å². The van der Waals surface area contributed by atoms with E-state index in [0.717, 1.165) is 43.1 Å². The van der Waals surface area contributed by atoms with Crippen LogP contribution < -0.4 is 10.0 Å². The highest BCUT2D eigenvalue weighted by Crippen LogP contribution is 2.32. The van der Waals surface area contributed by atoms with Crippen molar-refractivity contribution in [3.05, 3.63) is 71.3 Å². The molecular weight excluding hydrogens is 535 g/mol. The second kappa shape index (κ2) is 12.6. The van der Waals surface area contributed by atoms with Crippen LogP contribution in [-0.4, -0.2) is 46.0 Å². The van der Waals surface area contributed by atoms with Gasteiger partial charge in [0.1, 0.15) is 0 Å². The van der Waals surface area contributed by atoms with Gasteiger partial charge in [-0.1, -0.05) is 61.5 Å². The van der Waals surface area contributed by atoms with Gasteiger partial charge in [0, 0.05) is 19.6 Å². The lowest BCUT2D eigenvalue weighted by molar-refractivity contribution is 0.234. The number of hydrogen-bond acceptors (Lipinski definition) is 3. The highest BCUT2D eigenvalue weighted by molar-refractivity contribution is 14.0. The summed E-state index contributed by atoms with van der Waals surface area (Å²) in [5, 5.41) is 3.44. The van der Waals surface area contributed by atoms with Crippen molar-refractivity contribution in [2.45, 2.75) is 38.5 Å². The van der Waals surface area contributed by atoms with Gasteiger partial charge >= 0.3 is 0 Å². The van der Waals surface area contributed by atoms with E-state index in [2.05, 4.69) is 59.1 Å². The smallest absolute Gasteiger partial charge is 0.215 e. The van der Waals surface area contributed by atoms with Gasteiger partial charge in [-0.05, 0) is 48.9 Å². The van der Waals surface area contributed by atoms with Crippen LogP contribution in [0.5, 0.6) is 0 Å². The predicted octanol–water partition coefficient (Wildman–Crippen LogP) is 3.94. The molecule has 0 saturated carbocycles. The van der Waals surface area contributed by atoms with E-state index in [4.69, 9.17) is 4.99 Å². The highest BCUT2D eigenvalue weighted by Gasteiger charge is 2.28. The second-order valence-corrected chi connectivity index (χ2v) is 10.1. The normalized spacial score (nSPS) is 19.3. The predicted molar refractivity (Wildman–Crippen MR) is 143 cm³/mol. The molecule has 0 aliphatic carbocycles. The fourth-order valence-electron chi connectivity index (χ4n) is 4.16. The lowest BCUT2D eigenvalue weighted by Gasteiger charge is -2.39. The van der Waals surface area contributed by atoms with Crippen LogP contribution in [0, 0.1) is 5.92 Å². The van der Waals surface area contributed by atoms with Gasteiger partial charge in [-0.3, -0.25) is 0 Å². The molecule has 2 aromatic carbocycles. The molecule has 2 atom stereocenters. The summed E-state index contributed by atoms with van der Waals surface area (Å²) in [5.41, 5.74) is 3.26. The minimum absolute atomic E-state index is 0. The summed E-state index contributed by atoms with van der Waals surface area (Å²) < 4.78 is 25.8. The maximum absolute atomic E-state index is 11.7. The Balaban J connectivity index is 0.00000363. The van der Waals surface area contributed by atoms with Crippen LogP contribution in [0.15, 0.2) is 59.6 Å². The Kier molecular flexibility index (Phi) is 10.4. The first-order valence-corrected chi connectivity index (χ1v) is 12.6. The van der Waals surface area contributed by atoms with Gasteiger partial charge in [0.15, 0.2) is 5.96 Å². The van der Waals surface area contributed by atoms with E-state index in [1.807, 2.05) is 24.3 Å². The third kappa shape index (κ3) is 7.45. The van der Waals surface area contributed by atoms with Crippen molar-refractivity contribution in [2.24, 2.45) is 10.9 Å². The molecule has 3 rings (SSSR count). The van der Waals surface area contributed by atoms with Gasteiger partial charge in [-0.25, -0.2) is 18.1 Å². The van der Waals surface area contributed by atoms with Gasteiger partial charge in [0.2, 0.25) is 10.0 Å². The van der Waals surface area contributed by atoms with E-state index >= 15 is 0 Å². The molecule has 0 bridgehead atoms. The topological polar surface area (TPSA) is 73.8 Å². The lowest BCUT2D eigenvalue weighted by Crippen LogP contribution is -2.48. The molecule has 0 amide bonds. The SMILES string of the molecule is CCNC(=NCc1ccc(CS(=O)(=O)NC)cc1)N1CCC(c2ccccc2)C(C)C1.I.